The van der Waals surface area contributed by atoms with Gasteiger partial charge in [0.1, 0.15) is 0 Å². The number of aliphatic hydroxyl groups excluding tert-OH is 1. The van der Waals surface area contributed by atoms with Crippen LogP contribution >= 0.6 is 0 Å². The van der Waals surface area contributed by atoms with Gasteiger partial charge in [0, 0.05) is 52.1 Å². The van der Waals surface area contributed by atoms with Crippen LogP contribution in [0, 0.1) is 0 Å². The van der Waals surface area contributed by atoms with Crippen molar-refractivity contribution in [3.63, 3.8) is 0 Å². The molecule has 1 unspecified atom stereocenters. The first-order valence-electron chi connectivity index (χ1n) is 10.2. The Morgan fingerprint density at radius 1 is 1.34 bits per heavy atom. The Morgan fingerprint density at radius 2 is 2.03 bits per heavy atom. The van der Waals surface area contributed by atoms with Gasteiger partial charge in [-0.25, -0.2) is 4.79 Å². The molecule has 0 saturated heterocycles. The largest absolute Gasteiger partial charge is 0.395 e. The number of benzene rings is 1. The molecule has 4 N–H and O–H groups in total. The van der Waals surface area contributed by atoms with Crippen molar-refractivity contribution in [3.05, 3.63) is 23.8 Å². The number of urea groups is 1. The number of anilines is 2. The first kappa shape index (κ1) is 23.1. The van der Waals surface area contributed by atoms with E-state index in [-0.39, 0.29) is 36.5 Å². The second kappa shape index (κ2) is 10.0. The van der Waals surface area contributed by atoms with Crippen LogP contribution in [0.4, 0.5) is 16.2 Å². The Hall–Kier alpha value is -2.16. The van der Waals surface area contributed by atoms with Crippen molar-refractivity contribution in [2.75, 3.05) is 49.6 Å². The van der Waals surface area contributed by atoms with E-state index < -0.39 is 0 Å². The van der Waals surface area contributed by atoms with E-state index in [1.165, 1.54) is 0 Å². The molecule has 0 aliphatic carbocycles. The Morgan fingerprint density at radius 3 is 2.59 bits per heavy atom. The summed E-state index contributed by atoms with van der Waals surface area (Å²) >= 11 is 0. The number of carbonyl (C=O) groups is 2. The summed E-state index contributed by atoms with van der Waals surface area (Å²) in [5.74, 6) is -0.00689. The van der Waals surface area contributed by atoms with Gasteiger partial charge in [-0.15, -0.1) is 0 Å². The topological polar surface area (TPSA) is 102 Å². The summed E-state index contributed by atoms with van der Waals surface area (Å²) in [7, 11) is 1.79. The van der Waals surface area contributed by atoms with E-state index >= 15 is 0 Å². The molecule has 3 amide bonds. The highest BCUT2D eigenvalue weighted by molar-refractivity contribution is 6.03. The minimum absolute atomic E-state index is 0.0387. The average Bonchev–Trinajstić information content (AvgIpc) is 2.68. The standard InChI is InChI=1S/C21H35N5O3/c1-14(2)24(5)21(29)25-13-15(3)26(16(4)28)19-7-6-17(10-20(19)25)18(11-22)12-23-8-9-27/h6-7,10,14-15,18,23,27H,8-9,11-13,22H2,1-5H3/t15-,18?/m0/s1. The molecule has 0 spiro atoms. The fourth-order valence-electron chi connectivity index (χ4n) is 3.66. The van der Waals surface area contributed by atoms with Crippen molar-refractivity contribution < 1.29 is 14.7 Å². The molecule has 0 aromatic heterocycles. The summed E-state index contributed by atoms with van der Waals surface area (Å²) in [4.78, 5) is 30.7. The molecule has 1 aliphatic rings. The summed E-state index contributed by atoms with van der Waals surface area (Å²) in [6, 6.07) is 5.71. The van der Waals surface area contributed by atoms with Crippen molar-refractivity contribution >= 4 is 23.3 Å². The summed E-state index contributed by atoms with van der Waals surface area (Å²) in [5, 5.41) is 12.2. The van der Waals surface area contributed by atoms with Crippen molar-refractivity contribution in [2.24, 2.45) is 5.73 Å². The molecule has 8 nitrogen and oxygen atoms in total. The van der Waals surface area contributed by atoms with E-state index in [1.54, 1.807) is 28.7 Å². The maximum atomic E-state index is 13.2. The number of nitrogens with two attached hydrogens (primary N) is 1. The lowest BCUT2D eigenvalue weighted by Crippen LogP contribution is -2.54. The summed E-state index contributed by atoms with van der Waals surface area (Å²) in [5.41, 5.74) is 8.46. The van der Waals surface area contributed by atoms with E-state index in [9.17, 15) is 9.59 Å². The van der Waals surface area contributed by atoms with Crippen LogP contribution in [0.25, 0.3) is 0 Å². The number of hydrogen-bond donors (Lipinski definition) is 3. The SMILES string of the molecule is CC(=O)N1c2ccc(C(CN)CNCCO)cc2N(C(=O)N(C)C(C)C)C[C@@H]1C. The van der Waals surface area contributed by atoms with Crippen LogP contribution in [0.15, 0.2) is 18.2 Å². The molecule has 0 radical (unpaired) electrons. The third kappa shape index (κ3) is 5.07. The lowest BCUT2D eigenvalue weighted by molar-refractivity contribution is -0.117. The smallest absolute Gasteiger partial charge is 0.324 e. The molecule has 2 atom stereocenters. The van der Waals surface area contributed by atoms with Gasteiger partial charge in [-0.2, -0.15) is 0 Å². The highest BCUT2D eigenvalue weighted by Gasteiger charge is 2.35. The van der Waals surface area contributed by atoms with E-state index in [0.717, 1.165) is 16.9 Å². The fraction of sp³-hybridized carbons (Fsp3) is 0.619. The Bertz CT molecular complexity index is 724. The number of amides is 3. The third-order valence-corrected chi connectivity index (χ3v) is 5.52. The van der Waals surface area contributed by atoms with E-state index in [0.29, 0.717) is 26.2 Å². The minimum atomic E-state index is -0.119. The number of carbonyl (C=O) groups excluding carboxylic acids is 2. The maximum absolute atomic E-state index is 13.2. The van der Waals surface area contributed by atoms with Gasteiger partial charge in [0.25, 0.3) is 0 Å². The van der Waals surface area contributed by atoms with Crippen LogP contribution in [0.5, 0.6) is 0 Å². The Kier molecular flexibility index (Phi) is 8.01. The molecule has 29 heavy (non-hydrogen) atoms. The zero-order valence-electron chi connectivity index (χ0n) is 18.2. The quantitative estimate of drug-likeness (QED) is 0.594. The lowest BCUT2D eigenvalue weighted by atomic mass is 9.96. The van der Waals surface area contributed by atoms with Gasteiger partial charge in [0.15, 0.2) is 0 Å². The molecule has 1 aromatic rings. The molecule has 1 heterocycles. The summed E-state index contributed by atoms with van der Waals surface area (Å²) in [6.45, 7) is 9.51. The molecule has 0 saturated carbocycles. The van der Waals surface area contributed by atoms with Crippen LogP contribution in [0.3, 0.4) is 0 Å². The molecular formula is C21H35N5O3. The van der Waals surface area contributed by atoms with E-state index in [2.05, 4.69) is 5.32 Å². The highest BCUT2D eigenvalue weighted by atomic mass is 16.3. The minimum Gasteiger partial charge on any atom is -0.395 e. The maximum Gasteiger partial charge on any atom is 0.324 e. The fourth-order valence-corrected chi connectivity index (χ4v) is 3.66. The highest BCUT2D eigenvalue weighted by Crippen LogP contribution is 2.38. The molecule has 1 aliphatic heterocycles. The van der Waals surface area contributed by atoms with Gasteiger partial charge in [-0.05, 0) is 38.5 Å². The predicted molar refractivity (Wildman–Crippen MR) is 116 cm³/mol. The van der Waals surface area contributed by atoms with E-state index in [4.69, 9.17) is 10.8 Å². The molecular weight excluding hydrogens is 370 g/mol. The second-order valence-electron chi connectivity index (χ2n) is 7.94. The average molecular weight is 406 g/mol. The van der Waals surface area contributed by atoms with E-state index in [1.807, 2.05) is 39.0 Å². The molecule has 8 heteroatoms. The van der Waals surface area contributed by atoms with Crippen LogP contribution in [0.1, 0.15) is 39.2 Å². The number of nitrogens with one attached hydrogen (secondary N) is 1. The van der Waals surface area contributed by atoms with Gasteiger partial charge in [0.05, 0.1) is 24.0 Å². The van der Waals surface area contributed by atoms with Crippen molar-refractivity contribution in [3.8, 4) is 0 Å². The molecule has 1 aromatic carbocycles. The zero-order chi connectivity index (χ0) is 21.7. The number of fused-ring (bicyclic) bond motifs is 1. The van der Waals surface area contributed by atoms with Crippen molar-refractivity contribution in [2.45, 2.75) is 45.7 Å². The summed E-state index contributed by atoms with van der Waals surface area (Å²) in [6.07, 6.45) is 0. The van der Waals surface area contributed by atoms with Gasteiger partial charge >= 0.3 is 6.03 Å². The summed E-state index contributed by atoms with van der Waals surface area (Å²) < 4.78 is 0. The van der Waals surface area contributed by atoms with Gasteiger partial charge in [0.2, 0.25) is 5.91 Å². The van der Waals surface area contributed by atoms with Crippen LogP contribution < -0.4 is 20.9 Å². The lowest BCUT2D eigenvalue weighted by Gasteiger charge is -2.42. The monoisotopic (exact) mass is 405 g/mol. The number of nitrogens with zero attached hydrogens (tertiary/aromatic N) is 3. The number of rotatable bonds is 7. The Balaban J connectivity index is 2.48. The Labute approximate surface area is 173 Å². The van der Waals surface area contributed by atoms with Crippen molar-refractivity contribution in [1.82, 2.24) is 10.2 Å². The molecule has 2 rings (SSSR count). The predicted octanol–water partition coefficient (Wildman–Crippen LogP) is 1.33. The number of hydrogen-bond acceptors (Lipinski definition) is 5. The van der Waals surface area contributed by atoms with Crippen LogP contribution in [-0.4, -0.2) is 73.9 Å². The first-order chi connectivity index (χ1) is 13.7. The molecule has 0 bridgehead atoms. The first-order valence-corrected chi connectivity index (χ1v) is 10.2. The normalized spacial score (nSPS) is 17.3. The van der Waals surface area contributed by atoms with Crippen LogP contribution in [-0.2, 0) is 4.79 Å². The molecule has 0 fully saturated rings. The zero-order valence-corrected chi connectivity index (χ0v) is 18.2. The third-order valence-electron chi connectivity index (χ3n) is 5.52. The van der Waals surface area contributed by atoms with Crippen LogP contribution in [0.2, 0.25) is 0 Å². The second-order valence-corrected chi connectivity index (χ2v) is 7.94. The van der Waals surface area contributed by atoms with Gasteiger partial charge in [-0.3, -0.25) is 9.69 Å². The van der Waals surface area contributed by atoms with Gasteiger partial charge < -0.3 is 26.0 Å². The van der Waals surface area contributed by atoms with Crippen molar-refractivity contribution in [1.29, 1.82) is 0 Å². The van der Waals surface area contributed by atoms with Gasteiger partial charge in [-0.1, -0.05) is 6.07 Å². The number of aliphatic hydroxyl groups is 1. The molecule has 162 valence electrons.